The van der Waals surface area contributed by atoms with E-state index in [2.05, 4.69) is 21.3 Å². The van der Waals surface area contributed by atoms with Crippen LogP contribution in [-0.4, -0.2) is 85.6 Å². The minimum atomic E-state index is -3.58. The lowest BCUT2D eigenvalue weighted by atomic mass is 10.1. The van der Waals surface area contributed by atoms with Crippen molar-refractivity contribution in [3.8, 4) is 0 Å². The second-order valence-corrected chi connectivity index (χ2v) is 8.82. The summed E-state index contributed by atoms with van der Waals surface area (Å²) in [5.41, 5.74) is 0. The van der Waals surface area contributed by atoms with E-state index in [4.69, 9.17) is 10.2 Å². The molecule has 0 spiro atoms. The van der Waals surface area contributed by atoms with E-state index in [-0.39, 0.29) is 12.8 Å². The molecule has 186 valence electrons. The topological polar surface area (TPSA) is 225 Å². The zero-order chi connectivity index (χ0) is 25.6. The summed E-state index contributed by atoms with van der Waals surface area (Å²) in [6, 6.07) is -3.46. The van der Waals surface area contributed by atoms with Gasteiger partial charge in [0.1, 0.15) is 12.1 Å². The van der Waals surface area contributed by atoms with E-state index in [0.717, 1.165) is 17.7 Å². The van der Waals surface area contributed by atoms with Gasteiger partial charge in [0.2, 0.25) is 24.1 Å². The van der Waals surface area contributed by atoms with Crippen LogP contribution in [0.25, 0.3) is 0 Å². The SMILES string of the molecule is CC[C@H](NC=O)C(=O)NC(CCC(=O)O)C(=O)NCC(=O)NC(/C=C/S(C)(=O)=O)CC(=O)O. The Kier molecular flexibility index (Phi) is 13.0. The third-order valence-corrected chi connectivity index (χ3v) is 4.65. The van der Waals surface area contributed by atoms with Gasteiger partial charge in [0, 0.05) is 18.1 Å². The van der Waals surface area contributed by atoms with Crippen LogP contribution in [0.15, 0.2) is 11.5 Å². The zero-order valence-corrected chi connectivity index (χ0v) is 18.9. The number of carboxylic acid groups (broad SMARTS) is 2. The van der Waals surface area contributed by atoms with Crippen LogP contribution >= 0.6 is 0 Å². The van der Waals surface area contributed by atoms with Gasteiger partial charge in [0.05, 0.1) is 19.0 Å². The number of hydrogen-bond donors (Lipinski definition) is 6. The number of nitrogens with one attached hydrogen (secondary N) is 4. The molecule has 0 rings (SSSR count). The van der Waals surface area contributed by atoms with E-state index >= 15 is 0 Å². The van der Waals surface area contributed by atoms with E-state index < -0.39 is 77.0 Å². The number of sulfone groups is 1. The highest BCUT2D eigenvalue weighted by atomic mass is 32.2. The van der Waals surface area contributed by atoms with Crippen molar-refractivity contribution >= 4 is 45.9 Å². The van der Waals surface area contributed by atoms with Gasteiger partial charge in [0.25, 0.3) is 0 Å². The molecular formula is C18H28N4O10S. The molecule has 14 nitrogen and oxygen atoms in total. The van der Waals surface area contributed by atoms with Gasteiger partial charge in [-0.15, -0.1) is 0 Å². The molecule has 4 amide bonds. The molecule has 0 saturated heterocycles. The van der Waals surface area contributed by atoms with E-state index in [1.165, 1.54) is 0 Å². The van der Waals surface area contributed by atoms with Crippen molar-refractivity contribution in [2.75, 3.05) is 12.8 Å². The first-order chi connectivity index (χ1) is 15.3. The van der Waals surface area contributed by atoms with Crippen LogP contribution < -0.4 is 21.3 Å². The summed E-state index contributed by atoms with van der Waals surface area (Å²) in [5, 5.41) is 27.5. The van der Waals surface area contributed by atoms with Crippen LogP contribution in [0.1, 0.15) is 32.6 Å². The lowest BCUT2D eigenvalue weighted by Gasteiger charge is -2.21. The fourth-order valence-corrected chi connectivity index (χ4v) is 2.89. The second kappa shape index (κ2) is 14.5. The number of rotatable bonds is 16. The van der Waals surface area contributed by atoms with Crippen LogP contribution in [0.2, 0.25) is 0 Å². The highest BCUT2D eigenvalue weighted by Crippen LogP contribution is 2.01. The maximum atomic E-state index is 12.4. The maximum absolute atomic E-state index is 12.4. The second-order valence-electron chi connectivity index (χ2n) is 6.89. The highest BCUT2D eigenvalue weighted by Gasteiger charge is 2.25. The molecule has 0 saturated carbocycles. The van der Waals surface area contributed by atoms with Crippen molar-refractivity contribution < 1.29 is 47.4 Å². The summed E-state index contributed by atoms with van der Waals surface area (Å²) in [7, 11) is -3.58. The molecule has 0 radical (unpaired) electrons. The molecule has 6 N–H and O–H groups in total. The van der Waals surface area contributed by atoms with E-state index in [1.54, 1.807) is 6.92 Å². The predicted molar refractivity (Wildman–Crippen MR) is 113 cm³/mol. The molecule has 0 aromatic carbocycles. The molecule has 0 bridgehead atoms. The standard InChI is InChI=1S/C18H28N4O10S/c1-3-12(20-10-23)18(30)22-13(4-5-15(25)26)17(29)19-9-14(24)21-11(8-16(27)28)6-7-33(2,31)32/h6-7,10-13H,3-5,8-9H2,1-2H3,(H,19,29)(H,20,23)(H,21,24)(H,22,30)(H,25,26)(H,27,28)/b7-6+/t11?,12-,13?/m0/s1. The van der Waals surface area contributed by atoms with Gasteiger partial charge in [-0.3, -0.25) is 28.8 Å². The summed E-state index contributed by atoms with van der Waals surface area (Å²) in [5.74, 6) is -5.01. The number of carbonyl (C=O) groups is 6. The monoisotopic (exact) mass is 492 g/mol. The molecule has 0 fully saturated rings. The summed E-state index contributed by atoms with van der Waals surface area (Å²) in [6.07, 6.45) is 0.963. The van der Waals surface area contributed by atoms with Gasteiger partial charge >= 0.3 is 11.9 Å². The first kappa shape index (κ1) is 29.5. The van der Waals surface area contributed by atoms with E-state index in [1.807, 2.05) is 0 Å². The summed E-state index contributed by atoms with van der Waals surface area (Å²) in [6.45, 7) is 0.939. The van der Waals surface area contributed by atoms with Gasteiger partial charge < -0.3 is 31.5 Å². The van der Waals surface area contributed by atoms with Crippen molar-refractivity contribution in [1.82, 2.24) is 21.3 Å². The summed E-state index contributed by atoms with van der Waals surface area (Å²) in [4.78, 5) is 69.0. The van der Waals surface area contributed by atoms with Crippen LogP contribution in [0.3, 0.4) is 0 Å². The molecule has 33 heavy (non-hydrogen) atoms. The first-order valence-corrected chi connectivity index (χ1v) is 11.6. The molecule has 0 aliphatic heterocycles. The Balaban J connectivity index is 5.14. The first-order valence-electron chi connectivity index (χ1n) is 9.68. The number of carboxylic acids is 2. The minimum Gasteiger partial charge on any atom is -0.481 e. The van der Waals surface area contributed by atoms with Crippen molar-refractivity contribution in [2.24, 2.45) is 0 Å². The van der Waals surface area contributed by atoms with E-state index in [9.17, 15) is 37.2 Å². The Labute approximate surface area is 190 Å². The lowest BCUT2D eigenvalue weighted by molar-refractivity contribution is -0.139. The highest BCUT2D eigenvalue weighted by molar-refractivity contribution is 7.93. The average molecular weight is 493 g/mol. The van der Waals surface area contributed by atoms with E-state index in [0.29, 0.717) is 6.41 Å². The van der Waals surface area contributed by atoms with Gasteiger partial charge in [-0.2, -0.15) is 0 Å². The fourth-order valence-electron chi connectivity index (χ4n) is 2.41. The van der Waals surface area contributed by atoms with Crippen LogP contribution in [0.5, 0.6) is 0 Å². The number of hydrogen-bond acceptors (Lipinski definition) is 8. The number of aliphatic carboxylic acids is 2. The van der Waals surface area contributed by atoms with Crippen LogP contribution in [-0.2, 0) is 38.6 Å². The molecule has 15 heteroatoms. The molecule has 3 atom stereocenters. The van der Waals surface area contributed by atoms with Crippen molar-refractivity contribution in [3.05, 3.63) is 11.5 Å². The summed E-state index contributed by atoms with van der Waals surface area (Å²) < 4.78 is 22.4. The number of amides is 4. The minimum absolute atomic E-state index is 0.201. The van der Waals surface area contributed by atoms with Gasteiger partial charge in [-0.25, -0.2) is 8.42 Å². The van der Waals surface area contributed by atoms with Gasteiger partial charge in [0.15, 0.2) is 9.84 Å². The Hall–Kier alpha value is -3.49. The van der Waals surface area contributed by atoms with Crippen molar-refractivity contribution in [2.45, 2.75) is 50.7 Å². The Morgan fingerprint density at radius 3 is 2.09 bits per heavy atom. The molecule has 0 heterocycles. The number of carbonyl (C=O) groups excluding carboxylic acids is 4. The molecular weight excluding hydrogens is 464 g/mol. The zero-order valence-electron chi connectivity index (χ0n) is 18.1. The third kappa shape index (κ3) is 14.2. The largest absolute Gasteiger partial charge is 0.481 e. The van der Waals surface area contributed by atoms with Crippen LogP contribution in [0.4, 0.5) is 0 Å². The maximum Gasteiger partial charge on any atom is 0.305 e. The Morgan fingerprint density at radius 2 is 1.61 bits per heavy atom. The van der Waals surface area contributed by atoms with Crippen LogP contribution in [0, 0.1) is 0 Å². The molecule has 0 aromatic rings. The Morgan fingerprint density at radius 1 is 0.970 bits per heavy atom. The predicted octanol–water partition coefficient (Wildman–Crippen LogP) is -2.51. The molecule has 0 aliphatic rings. The smallest absolute Gasteiger partial charge is 0.305 e. The van der Waals surface area contributed by atoms with Crippen molar-refractivity contribution in [3.63, 3.8) is 0 Å². The lowest BCUT2D eigenvalue weighted by Crippen LogP contribution is -2.53. The Bertz CT molecular complexity index is 871. The normalized spacial score (nSPS) is 13.9. The summed E-state index contributed by atoms with van der Waals surface area (Å²) >= 11 is 0. The average Bonchev–Trinajstić information content (AvgIpc) is 2.70. The molecule has 2 unspecified atom stereocenters. The van der Waals surface area contributed by atoms with Gasteiger partial charge in [-0.05, 0) is 12.8 Å². The quantitative estimate of drug-likeness (QED) is 0.124. The van der Waals surface area contributed by atoms with Gasteiger partial charge in [-0.1, -0.05) is 13.0 Å². The molecule has 0 aromatic heterocycles. The van der Waals surface area contributed by atoms with Crippen molar-refractivity contribution in [1.29, 1.82) is 0 Å². The third-order valence-electron chi connectivity index (χ3n) is 4.00. The fraction of sp³-hybridized carbons (Fsp3) is 0.556. The molecule has 0 aliphatic carbocycles.